The van der Waals surface area contributed by atoms with Crippen molar-refractivity contribution in [1.29, 1.82) is 0 Å². The lowest BCUT2D eigenvalue weighted by Crippen LogP contribution is -2.00. The van der Waals surface area contributed by atoms with Crippen molar-refractivity contribution >= 4 is 75.8 Å². The quantitative estimate of drug-likeness (QED) is 0.0944. The lowest BCUT2D eigenvalue weighted by atomic mass is 9.90. The van der Waals surface area contributed by atoms with Gasteiger partial charge in [-0.1, -0.05) is 54.6 Å². The zero-order chi connectivity index (χ0) is 35.9. The molecule has 0 heterocycles. The monoisotopic (exact) mass is 713 g/mol. The molecule has 6 aromatic rings. The Hall–Kier alpha value is -5.85. The summed E-state index contributed by atoms with van der Waals surface area (Å²) in [5.74, 6) is 0. The van der Waals surface area contributed by atoms with E-state index in [-0.39, 0.29) is 9.79 Å². The fraction of sp³-hybridized carbons (Fsp3) is 0.0250. The van der Waals surface area contributed by atoms with Gasteiger partial charge in [-0.2, -0.15) is 16.8 Å². The zero-order valence-corrected chi connectivity index (χ0v) is 28.8. The second-order valence-corrected chi connectivity index (χ2v) is 15.0. The van der Waals surface area contributed by atoms with Gasteiger partial charge in [0.15, 0.2) is 0 Å². The summed E-state index contributed by atoms with van der Waals surface area (Å²) in [7, 11) is -8.58. The topological polar surface area (TPSA) is 159 Å². The Bertz CT molecular complexity index is 2710. The summed E-state index contributed by atoms with van der Waals surface area (Å²) >= 11 is 0. The maximum atomic E-state index is 11.5. The van der Waals surface area contributed by atoms with Crippen molar-refractivity contribution in [2.75, 3.05) is 11.1 Å². The number of benzene rings is 6. The highest BCUT2D eigenvalue weighted by Gasteiger charge is 2.14. The Labute approximate surface area is 295 Å². The number of fused-ring (bicyclic) bond motifs is 2. The van der Waals surface area contributed by atoms with Crippen LogP contribution in [-0.2, 0) is 20.2 Å². The number of nitrogens with one attached hydrogen (secondary N) is 1. The molecule has 5 N–H and O–H groups in total. The van der Waals surface area contributed by atoms with E-state index < -0.39 is 20.2 Å². The zero-order valence-electron chi connectivity index (χ0n) is 27.1. The first-order valence-corrected chi connectivity index (χ1v) is 18.6. The minimum Gasteiger partial charge on any atom is -0.399 e. The van der Waals surface area contributed by atoms with Gasteiger partial charge in [0.25, 0.3) is 20.2 Å². The minimum absolute atomic E-state index is 0.148. The first-order valence-electron chi connectivity index (χ1n) is 15.8. The van der Waals surface area contributed by atoms with Crippen LogP contribution in [0, 0.1) is 6.92 Å². The number of nitrogens with zero attached hydrogens (tertiary/aromatic N) is 1. The highest BCUT2D eigenvalue weighted by molar-refractivity contribution is 7.86. The van der Waals surface area contributed by atoms with Gasteiger partial charge in [-0.3, -0.25) is 9.11 Å². The number of hydrogen-bond donors (Lipinski definition) is 4. The van der Waals surface area contributed by atoms with Gasteiger partial charge in [0, 0.05) is 17.1 Å². The van der Waals surface area contributed by atoms with E-state index in [1.807, 2.05) is 85.8 Å². The lowest BCUT2D eigenvalue weighted by Gasteiger charge is -2.16. The molecule has 0 saturated heterocycles. The van der Waals surface area contributed by atoms with Crippen LogP contribution in [0.15, 0.2) is 160 Å². The van der Waals surface area contributed by atoms with Crippen molar-refractivity contribution in [3.05, 3.63) is 162 Å². The van der Waals surface area contributed by atoms with Gasteiger partial charge in [0.05, 0.1) is 21.2 Å². The van der Waals surface area contributed by atoms with Gasteiger partial charge >= 0.3 is 0 Å². The predicted octanol–water partition coefficient (Wildman–Crippen LogP) is 8.82. The van der Waals surface area contributed by atoms with E-state index in [1.165, 1.54) is 24.3 Å². The second-order valence-electron chi connectivity index (χ2n) is 12.2. The van der Waals surface area contributed by atoms with E-state index >= 15 is 0 Å². The molecule has 51 heavy (non-hydrogen) atoms. The van der Waals surface area contributed by atoms with Gasteiger partial charge in [0.2, 0.25) is 0 Å². The Morgan fingerprint density at radius 1 is 0.588 bits per heavy atom. The molecule has 0 saturated carbocycles. The number of rotatable bonds is 7. The Morgan fingerprint density at radius 3 is 1.73 bits per heavy atom. The summed E-state index contributed by atoms with van der Waals surface area (Å²) in [6.07, 6.45) is 7.93. The van der Waals surface area contributed by atoms with Crippen molar-refractivity contribution in [2.24, 2.45) is 4.99 Å². The van der Waals surface area contributed by atoms with Gasteiger partial charge in [-0.25, -0.2) is 4.99 Å². The summed E-state index contributed by atoms with van der Waals surface area (Å²) in [6.45, 7) is 1.98. The molecule has 254 valence electrons. The van der Waals surface area contributed by atoms with Gasteiger partial charge in [-0.05, 0) is 141 Å². The first-order chi connectivity index (χ1) is 24.3. The summed E-state index contributed by atoms with van der Waals surface area (Å²) in [6, 6.07) is 34.0. The van der Waals surface area contributed by atoms with Crippen molar-refractivity contribution < 1.29 is 25.9 Å². The van der Waals surface area contributed by atoms with Gasteiger partial charge in [-0.15, -0.1) is 0 Å². The molecule has 7 rings (SSSR count). The second kappa shape index (κ2) is 13.1. The molecule has 9 nitrogen and oxygen atoms in total. The molecule has 0 bridgehead atoms. The average molecular weight is 714 g/mol. The molecule has 1 aliphatic rings. The van der Waals surface area contributed by atoms with Crippen LogP contribution in [0.5, 0.6) is 0 Å². The van der Waals surface area contributed by atoms with E-state index in [4.69, 9.17) is 10.7 Å². The molecule has 0 aromatic heterocycles. The molecule has 0 amide bonds. The molecule has 0 fully saturated rings. The van der Waals surface area contributed by atoms with Crippen LogP contribution in [0.25, 0.3) is 27.1 Å². The first kappa shape index (κ1) is 33.6. The van der Waals surface area contributed by atoms with Crippen LogP contribution in [0.4, 0.5) is 22.7 Å². The van der Waals surface area contributed by atoms with Crippen LogP contribution in [-0.4, -0.2) is 31.7 Å². The van der Waals surface area contributed by atoms with E-state index in [0.717, 1.165) is 55.7 Å². The Morgan fingerprint density at radius 2 is 1.12 bits per heavy atom. The van der Waals surface area contributed by atoms with Crippen LogP contribution in [0.2, 0.25) is 0 Å². The third kappa shape index (κ3) is 7.37. The Kier molecular flexibility index (Phi) is 8.65. The van der Waals surface area contributed by atoms with E-state index in [1.54, 1.807) is 30.3 Å². The van der Waals surface area contributed by atoms with Crippen molar-refractivity contribution in [1.82, 2.24) is 0 Å². The van der Waals surface area contributed by atoms with Gasteiger partial charge < -0.3 is 11.1 Å². The number of anilines is 3. The summed E-state index contributed by atoms with van der Waals surface area (Å²) in [4.78, 5) is 4.47. The average Bonchev–Trinajstić information content (AvgIpc) is 3.10. The standard InChI is InChI=1S/C40H31N3O6S2/c1-25-20-32(10-19-39(25)41)40(26-2-11-33(12-3-26)42-35-15-6-30-23-37(50(44,45)46)17-8-28(30)21-35)27-4-13-34(14-5-27)43-36-16-7-31-24-38(51(47,48)49)18-9-29(31)22-36/h2-24,42H,41H2,1H3,(H,44,45,46)(H,47,48,49). The fourth-order valence-corrected chi connectivity index (χ4v) is 7.00. The van der Waals surface area contributed by atoms with Crippen molar-refractivity contribution in [2.45, 2.75) is 16.7 Å². The van der Waals surface area contributed by atoms with Crippen LogP contribution in [0.3, 0.4) is 0 Å². The number of hydrogen-bond acceptors (Lipinski definition) is 7. The largest absolute Gasteiger partial charge is 0.399 e. The molecular weight excluding hydrogens is 683 g/mol. The van der Waals surface area contributed by atoms with Crippen LogP contribution in [0.1, 0.15) is 16.7 Å². The van der Waals surface area contributed by atoms with E-state index in [0.29, 0.717) is 22.1 Å². The third-order valence-electron chi connectivity index (χ3n) is 8.64. The molecule has 6 aromatic carbocycles. The van der Waals surface area contributed by atoms with E-state index in [9.17, 15) is 25.9 Å². The number of nitrogens with two attached hydrogens (primary N) is 1. The number of aryl methyl sites for hydroxylation is 1. The molecule has 0 radical (unpaired) electrons. The van der Waals surface area contributed by atoms with Crippen LogP contribution >= 0.6 is 0 Å². The maximum Gasteiger partial charge on any atom is 0.294 e. The SMILES string of the molecule is Cc1cc(C(=C2C=CC(=Nc3ccc4cc(S(=O)(=O)O)ccc4c3)C=C2)c2ccc(Nc3ccc4cc(S(=O)(=O)O)ccc4c3)cc2)ccc1N. The molecule has 1 aliphatic carbocycles. The third-order valence-corrected chi connectivity index (χ3v) is 10.3. The summed E-state index contributed by atoms with van der Waals surface area (Å²) in [5, 5.41) is 6.39. The molecule has 0 aliphatic heterocycles. The maximum absolute atomic E-state index is 11.5. The van der Waals surface area contributed by atoms with Crippen LogP contribution < -0.4 is 11.1 Å². The normalized spacial score (nSPS) is 13.2. The highest BCUT2D eigenvalue weighted by atomic mass is 32.2. The fourth-order valence-electron chi connectivity index (χ4n) is 5.97. The highest BCUT2D eigenvalue weighted by Crippen LogP contribution is 2.33. The van der Waals surface area contributed by atoms with Crippen molar-refractivity contribution in [3.8, 4) is 0 Å². The summed E-state index contributed by atoms with van der Waals surface area (Å²) in [5.41, 5.74) is 15.0. The molecular formula is C40H31N3O6S2. The molecule has 0 unspecified atom stereocenters. The lowest BCUT2D eigenvalue weighted by molar-refractivity contribution is 0.481. The smallest absolute Gasteiger partial charge is 0.294 e. The number of nitrogen functional groups attached to an aromatic ring is 1. The predicted molar refractivity (Wildman–Crippen MR) is 204 cm³/mol. The molecule has 0 atom stereocenters. The molecule has 0 spiro atoms. The van der Waals surface area contributed by atoms with E-state index in [2.05, 4.69) is 11.4 Å². The molecule has 11 heteroatoms. The number of allylic oxidation sites excluding steroid dienone is 5. The minimum atomic E-state index is -4.29. The van der Waals surface area contributed by atoms with Crippen molar-refractivity contribution in [3.63, 3.8) is 0 Å². The van der Waals surface area contributed by atoms with Gasteiger partial charge in [0.1, 0.15) is 0 Å². The number of aliphatic imine (C=N–C) groups is 1. The Balaban J connectivity index is 1.17. The summed E-state index contributed by atoms with van der Waals surface area (Å²) < 4.78 is 64.9.